The van der Waals surface area contributed by atoms with Crippen LogP contribution in [0.15, 0.2) is 34.9 Å². The molecule has 1 aromatic carbocycles. The van der Waals surface area contributed by atoms with Crippen molar-refractivity contribution in [2.75, 3.05) is 0 Å². The van der Waals surface area contributed by atoms with E-state index in [2.05, 4.69) is 79.7 Å². The summed E-state index contributed by atoms with van der Waals surface area (Å²) in [4.78, 5) is 0. The molecule has 0 nitrogen and oxygen atoms in total. The van der Waals surface area contributed by atoms with Gasteiger partial charge in [0.05, 0.1) is 8.07 Å². The molecule has 0 saturated heterocycles. The first-order valence-corrected chi connectivity index (χ1v) is 13.1. The maximum absolute atomic E-state index is 4.02. The quantitative estimate of drug-likeness (QED) is 0.269. The summed E-state index contributed by atoms with van der Waals surface area (Å²) in [5.74, 6) is 0. The van der Waals surface area contributed by atoms with Gasteiger partial charge in [-0.3, -0.25) is 6.08 Å². The van der Waals surface area contributed by atoms with Crippen LogP contribution in [0, 0.1) is 28.4 Å². The second-order valence-electron chi connectivity index (χ2n) is 8.45. The zero-order valence-electron chi connectivity index (χ0n) is 22.0. The van der Waals surface area contributed by atoms with E-state index in [1.165, 1.54) is 47.2 Å². The van der Waals surface area contributed by atoms with Crippen LogP contribution < -0.4 is 5.19 Å². The van der Waals surface area contributed by atoms with Gasteiger partial charge in [0, 0.05) is 0 Å². The van der Waals surface area contributed by atoms with Gasteiger partial charge < -0.3 is 22.3 Å². The van der Waals surface area contributed by atoms with Crippen molar-refractivity contribution < 1.29 is 21.7 Å². The van der Waals surface area contributed by atoms with Gasteiger partial charge in [-0.05, 0) is 24.0 Å². The summed E-state index contributed by atoms with van der Waals surface area (Å²) in [6.07, 6.45) is 8.82. The van der Waals surface area contributed by atoms with E-state index in [-0.39, 0.29) is 49.0 Å². The fourth-order valence-corrected chi connectivity index (χ4v) is 11.6. The maximum Gasteiger partial charge on any atom is 4.00 e. The van der Waals surface area contributed by atoms with Crippen LogP contribution in [0.4, 0.5) is 0 Å². The van der Waals surface area contributed by atoms with Crippen molar-refractivity contribution in [1.82, 2.24) is 0 Å². The number of rotatable bonds is 8. The average Bonchev–Trinajstić information content (AvgIpc) is 2.84. The number of hydrogen-bond donors (Lipinski definition) is 0. The van der Waals surface area contributed by atoms with Crippen molar-refractivity contribution in [2.24, 2.45) is 0 Å². The molecule has 168 valence electrons. The largest absolute Gasteiger partial charge is 4.00 e. The summed E-state index contributed by atoms with van der Waals surface area (Å²) in [6, 6.07) is 10.3. The molecular weight excluding hydrogens is 412 g/mol. The zero-order chi connectivity index (χ0) is 19.5. The monoisotopic (exact) mass is 460 g/mol. The van der Waals surface area contributed by atoms with E-state index in [0.717, 1.165) is 12.8 Å². The normalized spacial score (nSPS) is 17.9. The summed E-state index contributed by atoms with van der Waals surface area (Å²) in [5, 5.41) is 1.82. The summed E-state index contributed by atoms with van der Waals surface area (Å²) in [5.41, 5.74) is 7.49. The van der Waals surface area contributed by atoms with E-state index in [4.69, 9.17) is 0 Å². The van der Waals surface area contributed by atoms with Crippen molar-refractivity contribution in [1.29, 1.82) is 0 Å². The molecule has 0 aromatic heterocycles. The average molecular weight is 461 g/mol. The van der Waals surface area contributed by atoms with Crippen LogP contribution in [0.1, 0.15) is 79.4 Å². The second-order valence-corrected chi connectivity index (χ2v) is 13.2. The van der Waals surface area contributed by atoms with Crippen molar-refractivity contribution in [3.8, 4) is 0 Å². The van der Waals surface area contributed by atoms with Crippen molar-refractivity contribution >= 4 is 13.3 Å². The number of hydrogen-bond acceptors (Lipinski definition) is 0. The van der Waals surface area contributed by atoms with E-state index < -0.39 is 8.07 Å². The molecule has 1 aliphatic rings. The number of benzene rings is 1. The topological polar surface area (TPSA) is 0 Å². The molecule has 0 fully saturated rings. The molecule has 0 saturated carbocycles. The molecule has 1 unspecified atom stereocenters. The Morgan fingerprint density at radius 1 is 0.800 bits per heavy atom. The van der Waals surface area contributed by atoms with Gasteiger partial charge in [-0.1, -0.05) is 102 Å². The molecule has 0 amide bonds. The summed E-state index contributed by atoms with van der Waals surface area (Å²) in [6.45, 7) is 18.8. The molecule has 2 heteroatoms. The molecule has 1 aromatic rings. The van der Waals surface area contributed by atoms with E-state index >= 15 is 0 Å². The first-order chi connectivity index (χ1) is 12.3. The second kappa shape index (κ2) is 13.9. The Hall–Kier alpha value is -0.369. The maximum atomic E-state index is 4.02. The molecule has 0 bridgehead atoms. The van der Waals surface area contributed by atoms with Gasteiger partial charge in [0.1, 0.15) is 0 Å². The fraction of sp³-hybridized carbons (Fsp3) is 0.536. The molecule has 0 radical (unpaired) electrons. The first-order valence-electron chi connectivity index (χ1n) is 10.7. The van der Waals surface area contributed by atoms with E-state index in [1.807, 2.05) is 0 Å². The molecular formula is C28H48SiTi. The third-order valence-corrected chi connectivity index (χ3v) is 13.6. The van der Waals surface area contributed by atoms with Crippen molar-refractivity contribution in [3.05, 3.63) is 74.4 Å². The standard InChI is InChI=1S/C25H39Si.3CH3.Ti/c1-9-13-26(14-10-2,25(8)18-19(5)20(6)21(25)7)24-16-22(11-3)15-23(12-4)17-24;;;;/h15-17H,9-14H2,1-8H3;3*1H3;/q4*-1;+4. The van der Waals surface area contributed by atoms with Gasteiger partial charge >= 0.3 is 21.7 Å². The molecule has 0 aliphatic heterocycles. The molecule has 30 heavy (non-hydrogen) atoms. The van der Waals surface area contributed by atoms with Crippen LogP contribution in [0.2, 0.25) is 17.1 Å². The van der Waals surface area contributed by atoms with Crippen LogP contribution in [-0.2, 0) is 34.6 Å². The van der Waals surface area contributed by atoms with Crippen LogP contribution in [0.3, 0.4) is 0 Å². The summed E-state index contributed by atoms with van der Waals surface area (Å²) < 4.78 is 0. The SMILES string of the molecule is CCC[Si](CCC)(c1cc(CC)cc(CC)c1)C1(C)[C-]=C(C)C(C)=C1C.[CH3-].[CH3-].[CH3-].[Ti+4]. The van der Waals surface area contributed by atoms with Gasteiger partial charge in [-0.25, -0.2) is 5.57 Å². The van der Waals surface area contributed by atoms with Crippen LogP contribution >= 0.6 is 0 Å². The van der Waals surface area contributed by atoms with Crippen LogP contribution in [-0.4, -0.2) is 8.07 Å². The fourth-order valence-electron chi connectivity index (χ4n) is 5.20. The molecule has 0 N–H and O–H groups in total. The Morgan fingerprint density at radius 2 is 1.23 bits per heavy atom. The minimum atomic E-state index is -1.79. The summed E-state index contributed by atoms with van der Waals surface area (Å²) >= 11 is 0. The third kappa shape index (κ3) is 5.90. The predicted molar refractivity (Wildman–Crippen MR) is 139 cm³/mol. The minimum Gasteiger partial charge on any atom is -0.358 e. The Morgan fingerprint density at radius 3 is 1.53 bits per heavy atom. The summed E-state index contributed by atoms with van der Waals surface area (Å²) in [7, 11) is -1.79. The smallest absolute Gasteiger partial charge is 0.358 e. The number of aryl methyl sites for hydroxylation is 2. The Balaban J connectivity index is -0.00000182. The molecule has 1 aliphatic carbocycles. The molecule has 0 spiro atoms. The van der Waals surface area contributed by atoms with Crippen LogP contribution in [0.25, 0.3) is 0 Å². The van der Waals surface area contributed by atoms with Gasteiger partial charge in [-0.2, -0.15) is 11.1 Å². The Labute approximate surface area is 206 Å². The van der Waals surface area contributed by atoms with Crippen molar-refractivity contribution in [2.45, 2.75) is 98.2 Å². The zero-order valence-corrected chi connectivity index (χ0v) is 24.5. The first kappa shape index (κ1) is 34.2. The molecule has 0 heterocycles. The molecule has 2 rings (SSSR count). The van der Waals surface area contributed by atoms with Gasteiger partial charge in [-0.15, -0.1) is 6.92 Å². The van der Waals surface area contributed by atoms with Gasteiger partial charge in [0.15, 0.2) is 0 Å². The molecule has 1 atom stereocenters. The van der Waals surface area contributed by atoms with E-state index in [1.54, 1.807) is 10.8 Å². The third-order valence-electron chi connectivity index (χ3n) is 7.04. The minimum absolute atomic E-state index is 0. The van der Waals surface area contributed by atoms with Crippen molar-refractivity contribution in [3.63, 3.8) is 0 Å². The Kier molecular flexibility index (Phi) is 15.9. The van der Waals surface area contributed by atoms with E-state index in [9.17, 15) is 0 Å². The van der Waals surface area contributed by atoms with Gasteiger partial charge in [0.25, 0.3) is 0 Å². The Bertz CT molecular complexity index is 685. The van der Waals surface area contributed by atoms with E-state index in [0.29, 0.717) is 0 Å². The van der Waals surface area contributed by atoms with Crippen LogP contribution in [0.5, 0.6) is 0 Å². The van der Waals surface area contributed by atoms with Gasteiger partial charge in [0.2, 0.25) is 0 Å². The number of allylic oxidation sites excluding steroid dienone is 4. The predicted octanol–water partition coefficient (Wildman–Crippen LogP) is 8.50.